The predicted octanol–water partition coefficient (Wildman–Crippen LogP) is 2.80. The lowest BCUT2D eigenvalue weighted by Gasteiger charge is -2.12. The van der Waals surface area contributed by atoms with E-state index in [0.717, 1.165) is 11.5 Å². The van der Waals surface area contributed by atoms with Gasteiger partial charge in [-0.3, -0.25) is 10.1 Å². The maximum absolute atomic E-state index is 4.42. The van der Waals surface area contributed by atoms with Crippen molar-refractivity contribution in [2.45, 2.75) is 33.6 Å². The zero-order valence-electron chi connectivity index (χ0n) is 9.15. The summed E-state index contributed by atoms with van der Waals surface area (Å²) in [4.78, 5) is 8.62. The van der Waals surface area contributed by atoms with Crippen LogP contribution < -0.4 is 0 Å². The zero-order valence-corrected chi connectivity index (χ0v) is 9.15. The normalized spacial score (nSPS) is 10.9. The van der Waals surface area contributed by atoms with Crippen LogP contribution in [0.2, 0.25) is 0 Å². The molecule has 0 unspecified atom stereocenters. The molecule has 16 heavy (non-hydrogen) atoms. The minimum atomic E-state index is -0.0139. The van der Waals surface area contributed by atoms with E-state index in [-0.39, 0.29) is 12.8 Å². The summed E-state index contributed by atoms with van der Waals surface area (Å²) in [5.41, 5.74) is 0.782. The fourth-order valence-corrected chi connectivity index (χ4v) is 1.21. The number of nitrogens with zero attached hydrogens (tertiary/aromatic N) is 3. The van der Waals surface area contributed by atoms with E-state index in [4.69, 9.17) is 0 Å². The lowest BCUT2D eigenvalue weighted by molar-refractivity contribution is 0.548. The van der Waals surface area contributed by atoms with Gasteiger partial charge in [0.15, 0.2) is 5.82 Å². The molecular formula is C12H18N4. The van der Waals surface area contributed by atoms with Crippen molar-refractivity contribution in [3.63, 3.8) is 0 Å². The number of nitrogens with one attached hydrogen (secondary N) is 1. The topological polar surface area (TPSA) is 54.5 Å². The fraction of sp³-hybridized carbons (Fsp3) is 0.417. The Morgan fingerprint density at radius 1 is 1.19 bits per heavy atom. The monoisotopic (exact) mass is 218 g/mol. The molecule has 2 heterocycles. The van der Waals surface area contributed by atoms with E-state index in [9.17, 15) is 0 Å². The van der Waals surface area contributed by atoms with E-state index < -0.39 is 0 Å². The summed E-state index contributed by atoms with van der Waals surface area (Å²) in [5, 5.41) is 7.10. The van der Waals surface area contributed by atoms with Crippen LogP contribution in [-0.4, -0.2) is 20.2 Å². The van der Waals surface area contributed by atoms with Crippen molar-refractivity contribution >= 4 is 0 Å². The van der Waals surface area contributed by atoms with Crippen molar-refractivity contribution in [3.8, 4) is 11.5 Å². The van der Waals surface area contributed by atoms with Crippen molar-refractivity contribution in [3.05, 3.63) is 30.2 Å². The van der Waals surface area contributed by atoms with Crippen LogP contribution in [0, 0.1) is 0 Å². The highest BCUT2D eigenvalue weighted by atomic mass is 15.2. The molecule has 0 aliphatic rings. The van der Waals surface area contributed by atoms with Gasteiger partial charge in [-0.2, -0.15) is 5.10 Å². The van der Waals surface area contributed by atoms with Crippen molar-refractivity contribution < 1.29 is 0 Å². The average Bonchev–Trinajstić information content (AvgIpc) is 2.67. The summed E-state index contributed by atoms with van der Waals surface area (Å²) in [5.74, 6) is 1.53. The van der Waals surface area contributed by atoms with Gasteiger partial charge in [0, 0.05) is 11.6 Å². The molecule has 2 aromatic rings. The molecule has 1 N–H and O–H groups in total. The number of pyridine rings is 1. The maximum atomic E-state index is 4.42. The Labute approximate surface area is 96.2 Å². The molecule has 4 heteroatoms. The molecule has 2 rings (SSSR count). The first kappa shape index (κ1) is 12.4. The van der Waals surface area contributed by atoms with Gasteiger partial charge in [-0.1, -0.05) is 34.3 Å². The molecule has 0 saturated heterocycles. The number of hydrogen-bond donors (Lipinski definition) is 1. The van der Waals surface area contributed by atoms with Gasteiger partial charge in [0.1, 0.15) is 11.5 Å². The van der Waals surface area contributed by atoms with Crippen molar-refractivity contribution in [1.82, 2.24) is 20.2 Å². The molecule has 0 bridgehead atoms. The number of aromatic amines is 1. The van der Waals surface area contributed by atoms with E-state index in [1.54, 1.807) is 6.20 Å². The average molecular weight is 218 g/mol. The van der Waals surface area contributed by atoms with Crippen LogP contribution >= 0.6 is 0 Å². The second-order valence-electron chi connectivity index (χ2n) is 4.47. The second kappa shape index (κ2) is 4.43. The number of rotatable bonds is 1. The van der Waals surface area contributed by atoms with Crippen LogP contribution in [0.1, 0.15) is 34.0 Å². The Morgan fingerprint density at radius 2 is 1.94 bits per heavy atom. The summed E-state index contributed by atoms with van der Waals surface area (Å²) in [6.07, 6.45) is 1.74. The second-order valence-corrected chi connectivity index (χ2v) is 4.47. The van der Waals surface area contributed by atoms with Gasteiger partial charge in [0.2, 0.25) is 0 Å². The smallest absolute Gasteiger partial charge is 0.199 e. The van der Waals surface area contributed by atoms with Gasteiger partial charge in [0.05, 0.1) is 0 Å². The summed E-state index contributed by atoms with van der Waals surface area (Å²) in [6.45, 7) is 6.28. The van der Waals surface area contributed by atoms with Crippen molar-refractivity contribution in [2.75, 3.05) is 0 Å². The third kappa shape index (κ3) is 2.45. The summed E-state index contributed by atoms with van der Waals surface area (Å²) >= 11 is 0. The lowest BCUT2D eigenvalue weighted by atomic mass is 9.96. The van der Waals surface area contributed by atoms with E-state index in [0.29, 0.717) is 5.82 Å². The third-order valence-electron chi connectivity index (χ3n) is 2.09. The van der Waals surface area contributed by atoms with Gasteiger partial charge >= 0.3 is 0 Å². The Balaban J connectivity index is 0.00000128. The highest BCUT2D eigenvalue weighted by Crippen LogP contribution is 2.20. The standard InChI is InChI=1S/C11H14N4.CH4/c1-11(2,3)10-13-9(14-15-10)8-6-4-5-7-12-8;/h4-7H,1-3H3,(H,13,14,15);1H4. The highest BCUT2D eigenvalue weighted by molar-refractivity contribution is 5.47. The first-order chi connectivity index (χ1) is 7.07. The van der Waals surface area contributed by atoms with Crippen molar-refractivity contribution in [2.24, 2.45) is 0 Å². The molecule has 0 saturated carbocycles. The predicted molar refractivity (Wildman–Crippen MR) is 65.0 cm³/mol. The summed E-state index contributed by atoms with van der Waals surface area (Å²) < 4.78 is 0. The van der Waals surface area contributed by atoms with Gasteiger partial charge in [-0.25, -0.2) is 4.98 Å². The molecule has 0 aliphatic carbocycles. The van der Waals surface area contributed by atoms with E-state index >= 15 is 0 Å². The lowest BCUT2D eigenvalue weighted by Crippen LogP contribution is -2.13. The largest absolute Gasteiger partial charge is 0.262 e. The quantitative estimate of drug-likeness (QED) is 0.800. The zero-order chi connectivity index (χ0) is 10.9. The molecule has 0 aromatic carbocycles. The van der Waals surface area contributed by atoms with E-state index in [1.165, 1.54) is 0 Å². The van der Waals surface area contributed by atoms with Crippen LogP contribution in [0.15, 0.2) is 24.4 Å². The summed E-state index contributed by atoms with van der Waals surface area (Å²) in [6, 6.07) is 5.70. The van der Waals surface area contributed by atoms with Crippen LogP contribution in [0.4, 0.5) is 0 Å². The van der Waals surface area contributed by atoms with Crippen LogP contribution in [0.25, 0.3) is 11.5 Å². The van der Waals surface area contributed by atoms with Crippen LogP contribution in [0.5, 0.6) is 0 Å². The van der Waals surface area contributed by atoms with Crippen LogP contribution in [0.3, 0.4) is 0 Å². The molecule has 0 spiro atoms. The van der Waals surface area contributed by atoms with E-state index in [2.05, 4.69) is 40.9 Å². The van der Waals surface area contributed by atoms with Gasteiger partial charge in [-0.15, -0.1) is 0 Å². The molecule has 86 valence electrons. The molecule has 0 radical (unpaired) electrons. The van der Waals surface area contributed by atoms with Gasteiger partial charge in [-0.05, 0) is 12.1 Å². The fourth-order valence-electron chi connectivity index (χ4n) is 1.21. The van der Waals surface area contributed by atoms with Gasteiger partial charge < -0.3 is 0 Å². The molecule has 2 aromatic heterocycles. The minimum absolute atomic E-state index is 0. The molecule has 4 nitrogen and oxygen atoms in total. The Kier molecular flexibility index (Phi) is 3.42. The molecule has 0 amide bonds. The Bertz CT molecular complexity index is 440. The van der Waals surface area contributed by atoms with E-state index in [1.807, 2.05) is 18.2 Å². The van der Waals surface area contributed by atoms with Gasteiger partial charge in [0.25, 0.3) is 0 Å². The number of hydrogen-bond acceptors (Lipinski definition) is 3. The van der Waals surface area contributed by atoms with Crippen LogP contribution in [-0.2, 0) is 5.41 Å². The molecular weight excluding hydrogens is 200 g/mol. The first-order valence-corrected chi connectivity index (χ1v) is 4.91. The first-order valence-electron chi connectivity index (χ1n) is 4.91. The molecule has 0 fully saturated rings. The van der Waals surface area contributed by atoms with Crippen molar-refractivity contribution in [1.29, 1.82) is 0 Å². The maximum Gasteiger partial charge on any atom is 0.199 e. The molecule has 0 atom stereocenters. The minimum Gasteiger partial charge on any atom is -0.262 e. The number of H-pyrrole nitrogens is 1. The Hall–Kier alpha value is -1.71. The summed E-state index contributed by atoms with van der Waals surface area (Å²) in [7, 11) is 0. The Morgan fingerprint density at radius 3 is 2.44 bits per heavy atom. The SMILES string of the molecule is C.CC(C)(C)c1nc(-c2ccccn2)n[nH]1. The molecule has 0 aliphatic heterocycles. The third-order valence-corrected chi connectivity index (χ3v) is 2.09. The number of aromatic nitrogens is 4. The highest BCUT2D eigenvalue weighted by Gasteiger charge is 2.19.